The molecule has 0 spiro atoms. The van der Waals surface area contributed by atoms with E-state index in [1.165, 1.54) is 11.8 Å². The number of carbonyl (C=O) groups is 2. The first-order valence-corrected chi connectivity index (χ1v) is 10.4. The lowest BCUT2D eigenvalue weighted by atomic mass is 10.3. The van der Waals surface area contributed by atoms with E-state index in [-0.39, 0.29) is 18.6 Å². The summed E-state index contributed by atoms with van der Waals surface area (Å²) in [6, 6.07) is 8.83. The number of esters is 1. The van der Waals surface area contributed by atoms with Crippen molar-refractivity contribution in [2.24, 2.45) is 0 Å². The Bertz CT molecular complexity index is 940. The Balaban J connectivity index is 1.54. The van der Waals surface area contributed by atoms with E-state index < -0.39 is 5.97 Å². The predicted molar refractivity (Wildman–Crippen MR) is 106 cm³/mol. The molecule has 1 amide bonds. The van der Waals surface area contributed by atoms with E-state index in [0.29, 0.717) is 16.3 Å². The second-order valence-electron chi connectivity index (χ2n) is 5.95. The van der Waals surface area contributed by atoms with E-state index in [2.05, 4.69) is 15.5 Å². The van der Waals surface area contributed by atoms with Gasteiger partial charge < -0.3 is 14.6 Å². The minimum Gasteiger partial charge on any atom is -0.452 e. The Kier molecular flexibility index (Phi) is 6.83. The van der Waals surface area contributed by atoms with Crippen LogP contribution in [0, 0.1) is 6.92 Å². The maximum atomic E-state index is 12.4. The monoisotopic (exact) mass is 417 g/mol. The fourth-order valence-electron chi connectivity index (χ4n) is 2.39. The van der Waals surface area contributed by atoms with Crippen molar-refractivity contribution in [2.45, 2.75) is 30.7 Å². The van der Waals surface area contributed by atoms with Crippen molar-refractivity contribution in [1.29, 1.82) is 0 Å². The number of hydrogen-bond donors (Lipinski definition) is 1. The summed E-state index contributed by atoms with van der Waals surface area (Å²) in [5, 5.41) is 9.19. The van der Waals surface area contributed by atoms with E-state index in [0.717, 1.165) is 16.3 Å². The predicted octanol–water partition coefficient (Wildman–Crippen LogP) is 3.77. The van der Waals surface area contributed by atoms with Gasteiger partial charge in [0, 0.05) is 22.9 Å². The summed E-state index contributed by atoms with van der Waals surface area (Å²) in [7, 11) is 0. The Hall–Kier alpha value is -2.65. The molecule has 3 heterocycles. The van der Waals surface area contributed by atoms with Crippen molar-refractivity contribution >= 4 is 35.0 Å². The van der Waals surface area contributed by atoms with Gasteiger partial charge in [-0.15, -0.1) is 11.3 Å². The number of carbonyl (C=O) groups excluding carboxylic acids is 2. The Morgan fingerprint density at radius 2 is 2.21 bits per heavy atom. The normalized spacial score (nSPS) is 11.8. The Morgan fingerprint density at radius 3 is 2.93 bits per heavy atom. The van der Waals surface area contributed by atoms with E-state index in [1.807, 2.05) is 37.4 Å². The first-order chi connectivity index (χ1) is 13.5. The summed E-state index contributed by atoms with van der Waals surface area (Å²) in [6.07, 6.45) is 1.60. The highest BCUT2D eigenvalue weighted by molar-refractivity contribution is 7.98. The molecule has 3 aromatic rings. The van der Waals surface area contributed by atoms with Gasteiger partial charge >= 0.3 is 5.97 Å². The molecule has 0 unspecified atom stereocenters. The molecule has 0 bridgehead atoms. The zero-order valence-electron chi connectivity index (χ0n) is 15.4. The number of aryl methyl sites for hydroxylation is 1. The molecule has 0 aliphatic carbocycles. The molecule has 0 saturated heterocycles. The Morgan fingerprint density at radius 1 is 1.36 bits per heavy atom. The quantitative estimate of drug-likeness (QED) is 0.440. The summed E-state index contributed by atoms with van der Waals surface area (Å²) in [6.45, 7) is 3.35. The second kappa shape index (κ2) is 9.52. The molecule has 0 aromatic carbocycles. The van der Waals surface area contributed by atoms with E-state index in [4.69, 9.17) is 9.26 Å². The standard InChI is InChI=1S/C19H19N3O4S2/c1-12-9-14(22-26-12)11-28-18-15(5-3-7-20-18)19(24)25-10-17(23)21-13(2)16-6-4-8-27-16/h3-9,13H,10-11H2,1-2H3,(H,21,23)/t13-/m1/s1. The van der Waals surface area contributed by atoms with Crippen LogP contribution in [0.3, 0.4) is 0 Å². The van der Waals surface area contributed by atoms with Crippen LogP contribution in [0.15, 0.2) is 51.5 Å². The lowest BCUT2D eigenvalue weighted by Gasteiger charge is -2.12. The molecule has 3 rings (SSSR count). The second-order valence-corrected chi connectivity index (χ2v) is 7.90. The van der Waals surface area contributed by atoms with Gasteiger partial charge in [-0.05, 0) is 37.4 Å². The number of aromatic nitrogens is 2. The third-order valence-corrected chi connectivity index (χ3v) is 5.80. The fraction of sp³-hybridized carbons (Fsp3) is 0.263. The van der Waals surface area contributed by atoms with Crippen molar-refractivity contribution in [1.82, 2.24) is 15.5 Å². The minimum atomic E-state index is -0.592. The molecule has 0 fully saturated rings. The van der Waals surface area contributed by atoms with Crippen LogP contribution in [0.25, 0.3) is 0 Å². The molecular formula is C19H19N3O4S2. The number of nitrogens with one attached hydrogen (secondary N) is 1. The molecule has 3 aromatic heterocycles. The Labute approximate surface area is 170 Å². The maximum Gasteiger partial charge on any atom is 0.341 e. The highest BCUT2D eigenvalue weighted by Crippen LogP contribution is 2.24. The molecular weight excluding hydrogens is 398 g/mol. The lowest BCUT2D eigenvalue weighted by Crippen LogP contribution is -2.30. The third-order valence-electron chi connectivity index (χ3n) is 3.71. The van der Waals surface area contributed by atoms with E-state index in [9.17, 15) is 9.59 Å². The smallest absolute Gasteiger partial charge is 0.341 e. The number of hydrogen-bond acceptors (Lipinski definition) is 8. The molecule has 0 saturated carbocycles. The van der Waals surface area contributed by atoms with Crippen LogP contribution >= 0.6 is 23.1 Å². The summed E-state index contributed by atoms with van der Waals surface area (Å²) < 4.78 is 10.2. The molecule has 7 nitrogen and oxygen atoms in total. The molecule has 0 aliphatic rings. The summed E-state index contributed by atoms with van der Waals surface area (Å²) >= 11 is 2.91. The summed E-state index contributed by atoms with van der Waals surface area (Å²) in [5.74, 6) is 0.281. The van der Waals surface area contributed by atoms with Gasteiger partial charge in [-0.3, -0.25) is 4.79 Å². The maximum absolute atomic E-state index is 12.4. The first-order valence-electron chi connectivity index (χ1n) is 8.53. The van der Waals surface area contributed by atoms with Crippen LogP contribution in [-0.4, -0.2) is 28.6 Å². The van der Waals surface area contributed by atoms with Gasteiger partial charge in [0.1, 0.15) is 10.8 Å². The first kappa shape index (κ1) is 20.1. The topological polar surface area (TPSA) is 94.3 Å². The summed E-state index contributed by atoms with van der Waals surface area (Å²) in [5.41, 5.74) is 1.07. The molecule has 28 heavy (non-hydrogen) atoms. The molecule has 1 atom stereocenters. The van der Waals surface area contributed by atoms with Gasteiger partial charge in [0.25, 0.3) is 5.91 Å². The zero-order valence-corrected chi connectivity index (χ0v) is 17.0. The number of nitrogens with zero attached hydrogens (tertiary/aromatic N) is 2. The van der Waals surface area contributed by atoms with Gasteiger partial charge in [-0.1, -0.05) is 23.0 Å². The number of ether oxygens (including phenoxy) is 1. The van der Waals surface area contributed by atoms with Crippen LogP contribution in [0.1, 0.15) is 39.7 Å². The van der Waals surface area contributed by atoms with E-state index >= 15 is 0 Å². The number of rotatable bonds is 8. The average Bonchev–Trinajstić information content (AvgIpc) is 3.36. The SMILES string of the molecule is Cc1cc(CSc2ncccc2C(=O)OCC(=O)N[C@H](C)c2cccs2)no1. The molecule has 9 heteroatoms. The van der Waals surface area contributed by atoms with Gasteiger partial charge in [-0.25, -0.2) is 9.78 Å². The molecule has 146 valence electrons. The highest BCUT2D eigenvalue weighted by Gasteiger charge is 2.17. The third kappa shape index (κ3) is 5.43. The number of amides is 1. The fourth-order valence-corrected chi connectivity index (χ4v) is 3.99. The average molecular weight is 418 g/mol. The number of thioether (sulfide) groups is 1. The largest absolute Gasteiger partial charge is 0.452 e. The number of thiophene rings is 1. The van der Waals surface area contributed by atoms with Gasteiger partial charge in [0.2, 0.25) is 0 Å². The minimum absolute atomic E-state index is 0.137. The van der Waals surface area contributed by atoms with Crippen LogP contribution in [0.4, 0.5) is 0 Å². The molecule has 0 aliphatic heterocycles. The molecule has 0 radical (unpaired) electrons. The highest BCUT2D eigenvalue weighted by atomic mass is 32.2. The van der Waals surface area contributed by atoms with Crippen molar-refractivity contribution < 1.29 is 18.8 Å². The van der Waals surface area contributed by atoms with Crippen LogP contribution in [-0.2, 0) is 15.3 Å². The van der Waals surface area contributed by atoms with Gasteiger partial charge in [0.05, 0.1) is 17.3 Å². The van der Waals surface area contributed by atoms with Crippen molar-refractivity contribution in [3.05, 3.63) is 63.8 Å². The van der Waals surface area contributed by atoms with Gasteiger partial charge in [-0.2, -0.15) is 0 Å². The van der Waals surface area contributed by atoms with Crippen molar-refractivity contribution in [3.8, 4) is 0 Å². The number of pyridine rings is 1. The van der Waals surface area contributed by atoms with Crippen LogP contribution in [0.5, 0.6) is 0 Å². The van der Waals surface area contributed by atoms with E-state index in [1.54, 1.807) is 29.7 Å². The van der Waals surface area contributed by atoms with Crippen molar-refractivity contribution in [3.63, 3.8) is 0 Å². The van der Waals surface area contributed by atoms with Crippen molar-refractivity contribution in [2.75, 3.05) is 6.61 Å². The van der Waals surface area contributed by atoms with Crippen LogP contribution < -0.4 is 5.32 Å². The van der Waals surface area contributed by atoms with Gasteiger partial charge in [0.15, 0.2) is 6.61 Å². The molecule has 1 N–H and O–H groups in total. The van der Waals surface area contributed by atoms with Crippen LogP contribution in [0.2, 0.25) is 0 Å². The lowest BCUT2D eigenvalue weighted by molar-refractivity contribution is -0.124. The zero-order chi connectivity index (χ0) is 19.9. The summed E-state index contributed by atoms with van der Waals surface area (Å²) in [4.78, 5) is 29.7.